The van der Waals surface area contributed by atoms with Crippen LogP contribution in [0.5, 0.6) is 0 Å². The van der Waals surface area contributed by atoms with Crippen molar-refractivity contribution >= 4 is 15.9 Å². The zero-order chi connectivity index (χ0) is 14.5. The van der Waals surface area contributed by atoms with E-state index in [-0.39, 0.29) is 5.82 Å². The number of aryl methyl sites for hydroxylation is 2. The molecule has 1 aromatic heterocycles. The van der Waals surface area contributed by atoms with Gasteiger partial charge in [0, 0.05) is 17.6 Å². The third kappa shape index (κ3) is 3.92. The van der Waals surface area contributed by atoms with Crippen LogP contribution in [0.2, 0.25) is 0 Å². The molecular formula is C16H20BrFN2. The van der Waals surface area contributed by atoms with E-state index in [9.17, 15) is 4.39 Å². The molecule has 0 N–H and O–H groups in total. The Bertz CT molecular complexity index is 565. The summed E-state index contributed by atoms with van der Waals surface area (Å²) in [6, 6.07) is 9.02. The number of benzene rings is 1. The Balaban J connectivity index is 2.08. The van der Waals surface area contributed by atoms with Gasteiger partial charge in [0.2, 0.25) is 0 Å². The summed E-state index contributed by atoms with van der Waals surface area (Å²) in [5.74, 6) is 0.281. The summed E-state index contributed by atoms with van der Waals surface area (Å²) in [4.78, 5) is 0. The van der Waals surface area contributed by atoms with Crippen LogP contribution in [0, 0.1) is 18.7 Å². The fourth-order valence-corrected chi connectivity index (χ4v) is 2.97. The van der Waals surface area contributed by atoms with Gasteiger partial charge in [-0.2, -0.15) is 5.10 Å². The van der Waals surface area contributed by atoms with Crippen molar-refractivity contribution in [3.8, 4) is 0 Å². The summed E-state index contributed by atoms with van der Waals surface area (Å²) in [7, 11) is 0. The summed E-state index contributed by atoms with van der Waals surface area (Å²) < 4.78 is 15.3. The van der Waals surface area contributed by atoms with Crippen molar-refractivity contribution in [2.75, 3.05) is 5.33 Å². The molecule has 108 valence electrons. The van der Waals surface area contributed by atoms with Crippen molar-refractivity contribution in [3.63, 3.8) is 0 Å². The van der Waals surface area contributed by atoms with E-state index in [0.717, 1.165) is 36.0 Å². The minimum absolute atomic E-state index is 0.162. The van der Waals surface area contributed by atoms with Crippen LogP contribution >= 0.6 is 15.9 Å². The van der Waals surface area contributed by atoms with Gasteiger partial charge in [0.1, 0.15) is 5.82 Å². The molecule has 0 aliphatic heterocycles. The molecule has 1 heterocycles. The Morgan fingerprint density at radius 2 is 2.10 bits per heavy atom. The molecule has 0 radical (unpaired) electrons. The highest BCUT2D eigenvalue weighted by molar-refractivity contribution is 9.09. The van der Waals surface area contributed by atoms with Crippen molar-refractivity contribution in [2.24, 2.45) is 5.92 Å². The second-order valence-electron chi connectivity index (χ2n) is 5.15. The van der Waals surface area contributed by atoms with E-state index in [1.54, 1.807) is 12.1 Å². The lowest BCUT2D eigenvalue weighted by atomic mass is 9.96. The molecule has 0 saturated heterocycles. The van der Waals surface area contributed by atoms with Gasteiger partial charge in [-0.05, 0) is 56.4 Å². The molecule has 2 rings (SSSR count). The summed E-state index contributed by atoms with van der Waals surface area (Å²) in [6.45, 7) is 5.01. The van der Waals surface area contributed by atoms with E-state index < -0.39 is 0 Å². The second kappa shape index (κ2) is 7.02. The monoisotopic (exact) mass is 338 g/mol. The van der Waals surface area contributed by atoms with Gasteiger partial charge in [-0.3, -0.25) is 4.68 Å². The first-order valence-corrected chi connectivity index (χ1v) is 8.08. The SMILES string of the molecule is CCn1nc(C)cc1CC(CBr)Cc1cccc(F)c1. The molecule has 2 aromatic rings. The highest BCUT2D eigenvalue weighted by atomic mass is 79.9. The Hall–Kier alpha value is -1.16. The van der Waals surface area contributed by atoms with Crippen LogP contribution in [0.1, 0.15) is 23.9 Å². The van der Waals surface area contributed by atoms with Gasteiger partial charge in [-0.25, -0.2) is 4.39 Å². The molecule has 0 saturated carbocycles. The Morgan fingerprint density at radius 3 is 2.75 bits per heavy atom. The number of hydrogen-bond donors (Lipinski definition) is 0. The minimum Gasteiger partial charge on any atom is -0.270 e. The minimum atomic E-state index is -0.162. The first-order valence-electron chi connectivity index (χ1n) is 6.96. The van der Waals surface area contributed by atoms with Crippen LogP contribution in [0.4, 0.5) is 4.39 Å². The predicted octanol–water partition coefficient (Wildman–Crippen LogP) is 4.15. The Morgan fingerprint density at radius 1 is 1.30 bits per heavy atom. The maximum Gasteiger partial charge on any atom is 0.123 e. The zero-order valence-corrected chi connectivity index (χ0v) is 13.5. The van der Waals surface area contributed by atoms with Crippen molar-refractivity contribution < 1.29 is 4.39 Å². The van der Waals surface area contributed by atoms with Crippen LogP contribution in [0.15, 0.2) is 30.3 Å². The lowest BCUT2D eigenvalue weighted by molar-refractivity contribution is 0.534. The lowest BCUT2D eigenvalue weighted by Gasteiger charge is -2.15. The quantitative estimate of drug-likeness (QED) is 0.723. The summed E-state index contributed by atoms with van der Waals surface area (Å²) >= 11 is 3.58. The first-order chi connectivity index (χ1) is 9.62. The molecule has 1 atom stereocenters. The van der Waals surface area contributed by atoms with Gasteiger partial charge in [0.15, 0.2) is 0 Å². The summed E-state index contributed by atoms with van der Waals surface area (Å²) in [5.41, 5.74) is 3.36. The highest BCUT2D eigenvalue weighted by Crippen LogP contribution is 2.18. The average Bonchev–Trinajstić information content (AvgIpc) is 2.78. The fourth-order valence-electron chi connectivity index (χ4n) is 2.51. The van der Waals surface area contributed by atoms with Gasteiger partial charge >= 0.3 is 0 Å². The van der Waals surface area contributed by atoms with Crippen molar-refractivity contribution in [2.45, 2.75) is 33.2 Å². The second-order valence-corrected chi connectivity index (χ2v) is 5.80. The molecule has 0 amide bonds. The van der Waals surface area contributed by atoms with Crippen LogP contribution < -0.4 is 0 Å². The normalized spacial score (nSPS) is 12.6. The topological polar surface area (TPSA) is 17.8 Å². The average molecular weight is 339 g/mol. The third-order valence-corrected chi connectivity index (χ3v) is 4.33. The van der Waals surface area contributed by atoms with E-state index in [0.29, 0.717) is 5.92 Å². The molecule has 0 aliphatic carbocycles. The molecule has 0 aliphatic rings. The van der Waals surface area contributed by atoms with E-state index in [1.165, 1.54) is 11.8 Å². The molecule has 0 spiro atoms. The largest absolute Gasteiger partial charge is 0.270 e. The molecule has 4 heteroatoms. The van der Waals surface area contributed by atoms with Gasteiger partial charge < -0.3 is 0 Å². The van der Waals surface area contributed by atoms with E-state index >= 15 is 0 Å². The van der Waals surface area contributed by atoms with E-state index in [4.69, 9.17) is 0 Å². The van der Waals surface area contributed by atoms with E-state index in [1.807, 2.05) is 13.0 Å². The fraction of sp³-hybridized carbons (Fsp3) is 0.438. The number of halogens is 2. The smallest absolute Gasteiger partial charge is 0.123 e. The Kier molecular flexibility index (Phi) is 5.35. The van der Waals surface area contributed by atoms with Gasteiger partial charge in [-0.1, -0.05) is 28.1 Å². The standard InChI is InChI=1S/C16H20BrFN2/c1-3-20-16(7-12(2)19-20)10-14(11-17)8-13-5-4-6-15(18)9-13/h4-7,9,14H,3,8,10-11H2,1-2H3. The predicted molar refractivity (Wildman–Crippen MR) is 83.7 cm³/mol. The number of alkyl halides is 1. The maximum atomic E-state index is 13.2. The van der Waals surface area contributed by atoms with E-state index in [2.05, 4.69) is 38.7 Å². The first kappa shape index (κ1) is 15.2. The lowest BCUT2D eigenvalue weighted by Crippen LogP contribution is -2.13. The third-order valence-electron chi connectivity index (χ3n) is 3.41. The molecule has 0 fully saturated rings. The molecular weight excluding hydrogens is 319 g/mol. The molecule has 1 unspecified atom stereocenters. The molecule has 0 bridgehead atoms. The van der Waals surface area contributed by atoms with Gasteiger partial charge in [0.25, 0.3) is 0 Å². The maximum absolute atomic E-state index is 13.2. The summed E-state index contributed by atoms with van der Waals surface area (Å²) in [5, 5.41) is 5.38. The van der Waals surface area contributed by atoms with Gasteiger partial charge in [0.05, 0.1) is 5.69 Å². The number of hydrogen-bond acceptors (Lipinski definition) is 1. The number of nitrogens with zero attached hydrogens (tertiary/aromatic N) is 2. The van der Waals surface area contributed by atoms with Crippen LogP contribution in [0.25, 0.3) is 0 Å². The van der Waals surface area contributed by atoms with Crippen molar-refractivity contribution in [1.29, 1.82) is 0 Å². The Labute approximate surface area is 128 Å². The van der Waals surface area contributed by atoms with Gasteiger partial charge in [-0.15, -0.1) is 0 Å². The summed E-state index contributed by atoms with van der Waals surface area (Å²) in [6.07, 6.45) is 1.83. The van der Waals surface area contributed by atoms with Crippen LogP contribution in [-0.2, 0) is 19.4 Å². The number of aromatic nitrogens is 2. The highest BCUT2D eigenvalue weighted by Gasteiger charge is 2.13. The number of rotatable bonds is 6. The molecule has 20 heavy (non-hydrogen) atoms. The zero-order valence-electron chi connectivity index (χ0n) is 11.9. The van der Waals surface area contributed by atoms with Crippen LogP contribution in [0.3, 0.4) is 0 Å². The molecule has 1 aromatic carbocycles. The molecule has 2 nitrogen and oxygen atoms in total. The van der Waals surface area contributed by atoms with Crippen LogP contribution in [-0.4, -0.2) is 15.1 Å². The van der Waals surface area contributed by atoms with Crippen molar-refractivity contribution in [1.82, 2.24) is 9.78 Å². The van der Waals surface area contributed by atoms with Crippen molar-refractivity contribution in [3.05, 3.63) is 53.1 Å².